The highest BCUT2D eigenvalue weighted by atomic mass is 16.6. The van der Waals surface area contributed by atoms with E-state index in [0.29, 0.717) is 51.4 Å². The van der Waals surface area contributed by atoms with Crippen LogP contribution in [0.1, 0.15) is 216 Å². The van der Waals surface area contributed by atoms with E-state index in [1.807, 2.05) is 0 Å². The summed E-state index contributed by atoms with van der Waals surface area (Å²) < 4.78 is 24.8. The largest absolute Gasteiger partial charge is 0.461 e. The summed E-state index contributed by atoms with van der Waals surface area (Å²) >= 11 is 0. The summed E-state index contributed by atoms with van der Waals surface area (Å²) in [5.74, 6) is -4.44. The van der Waals surface area contributed by atoms with Crippen LogP contribution in [-0.4, -0.2) is 138 Å². The average molecular weight is 1020 g/mol. The molecule has 5 aliphatic rings. The van der Waals surface area contributed by atoms with Crippen LogP contribution in [0.4, 0.5) is 0 Å². The van der Waals surface area contributed by atoms with Gasteiger partial charge in [-0.15, -0.1) is 0 Å². The van der Waals surface area contributed by atoms with E-state index in [1.165, 1.54) is 9.80 Å². The van der Waals surface area contributed by atoms with Gasteiger partial charge < -0.3 is 50.0 Å². The number of carbonyl (C=O) groups is 6. The van der Waals surface area contributed by atoms with Crippen molar-refractivity contribution in [2.75, 3.05) is 0 Å². The Hall–Kier alpha value is -3.34. The Labute approximate surface area is 433 Å². The Morgan fingerprint density at radius 1 is 0.333 bits per heavy atom. The van der Waals surface area contributed by atoms with E-state index in [0.717, 1.165) is 0 Å². The predicted molar refractivity (Wildman–Crippen MR) is 279 cm³/mol. The molecular weight excluding hydrogens is 917 g/mol. The molecule has 0 spiro atoms. The second kappa shape index (κ2) is 21.4. The standard InChI is InChI=1S/C56H98N6O10/c1-33(45(65)69-39-25-49(5,6)57-50(7,8)26-39)61(34(2)46(66)70-40-27-51(9,10)58-52(11,12)28-40)43(63)37-21-23-38(24-22-37)44(64)62(35(3)47(67)71-41-29-53(13,14)59-54(15,16)30-41)36(4)48(68)72-42-31-55(17,18)60-56(19,20)32-42/h33-42,57-60H,21-32H2,1-20H3. The summed E-state index contributed by atoms with van der Waals surface area (Å²) in [6.45, 7) is 39.6. The van der Waals surface area contributed by atoms with Gasteiger partial charge >= 0.3 is 23.9 Å². The van der Waals surface area contributed by atoms with Crippen molar-refractivity contribution < 1.29 is 47.7 Å². The Balaban J connectivity index is 1.37. The van der Waals surface area contributed by atoms with Crippen molar-refractivity contribution in [2.45, 2.75) is 308 Å². The molecule has 1 saturated carbocycles. The maximum Gasteiger partial charge on any atom is 0.328 e. The van der Waals surface area contributed by atoms with Crippen LogP contribution in [0.25, 0.3) is 0 Å². The van der Waals surface area contributed by atoms with Gasteiger partial charge in [0.05, 0.1) is 0 Å². The molecule has 2 amide bonds. The summed E-state index contributed by atoms with van der Waals surface area (Å²) in [5, 5.41) is 14.5. The van der Waals surface area contributed by atoms with Gasteiger partial charge in [0.1, 0.15) is 48.6 Å². The molecule has 4 saturated heterocycles. The number of amides is 2. The number of rotatable bonds is 14. The summed E-state index contributed by atoms with van der Waals surface area (Å²) in [6.07, 6.45) is 4.04. The van der Waals surface area contributed by atoms with E-state index in [-0.39, 0.29) is 70.0 Å². The molecule has 16 nitrogen and oxygen atoms in total. The molecule has 5 rings (SSSR count). The number of nitrogens with one attached hydrogen (secondary N) is 4. The zero-order chi connectivity index (χ0) is 54.5. The SMILES string of the molecule is CC(C(=O)OC1CC(C)(C)NC(C)(C)C1)N(C(=O)C1CCC(C(=O)N(C(C)C(=O)OC2CC(C)(C)NC(C)(C)C2)C(C)C(=O)OC2CC(C)(C)NC(C)(C)C2)CC1)C(C)C(=O)OC1CC(C)(C)NC(C)(C)C1. The summed E-state index contributed by atoms with van der Waals surface area (Å²) in [4.78, 5) is 89.7. The number of piperidine rings is 4. The topological polar surface area (TPSA) is 194 Å². The number of carbonyl (C=O) groups excluding carboxylic acids is 6. The first-order chi connectivity index (χ1) is 32.6. The van der Waals surface area contributed by atoms with E-state index < -0.39 is 96.1 Å². The Kier molecular flexibility index (Phi) is 17.7. The third-order valence-corrected chi connectivity index (χ3v) is 15.7. The molecule has 4 aliphatic heterocycles. The van der Waals surface area contributed by atoms with Gasteiger partial charge in [-0.2, -0.15) is 0 Å². The maximum absolute atomic E-state index is 15.0. The van der Waals surface area contributed by atoms with Crippen LogP contribution in [0.15, 0.2) is 0 Å². The molecule has 0 bridgehead atoms. The van der Waals surface area contributed by atoms with Gasteiger partial charge in [-0.1, -0.05) is 0 Å². The molecule has 72 heavy (non-hydrogen) atoms. The van der Waals surface area contributed by atoms with Gasteiger partial charge in [0.15, 0.2) is 0 Å². The Morgan fingerprint density at radius 3 is 0.639 bits per heavy atom. The van der Waals surface area contributed by atoms with Gasteiger partial charge in [-0.3, -0.25) is 9.59 Å². The Bertz CT molecular complexity index is 1680. The van der Waals surface area contributed by atoms with Crippen molar-refractivity contribution in [3.05, 3.63) is 0 Å². The van der Waals surface area contributed by atoms with Crippen LogP contribution >= 0.6 is 0 Å². The highest BCUT2D eigenvalue weighted by Crippen LogP contribution is 2.38. The normalized spacial score (nSPS) is 28.4. The van der Waals surface area contributed by atoms with Crippen molar-refractivity contribution in [1.82, 2.24) is 31.1 Å². The van der Waals surface area contributed by atoms with Crippen molar-refractivity contribution >= 4 is 35.7 Å². The van der Waals surface area contributed by atoms with Crippen molar-refractivity contribution in [3.63, 3.8) is 0 Å². The zero-order valence-corrected chi connectivity index (χ0v) is 48.2. The molecule has 0 aromatic rings. The lowest BCUT2D eigenvalue weighted by Crippen LogP contribution is -2.61. The molecule has 16 heteroatoms. The van der Waals surface area contributed by atoms with Crippen molar-refractivity contribution in [3.8, 4) is 0 Å². The predicted octanol–water partition coefficient (Wildman–Crippen LogP) is 7.41. The van der Waals surface area contributed by atoms with Crippen LogP contribution in [0.3, 0.4) is 0 Å². The van der Waals surface area contributed by atoms with Gasteiger partial charge in [-0.05, 0) is 164 Å². The highest BCUT2D eigenvalue weighted by molar-refractivity contribution is 5.92. The van der Waals surface area contributed by atoms with Crippen LogP contribution < -0.4 is 21.3 Å². The second-order valence-corrected chi connectivity index (χ2v) is 28.2. The number of hydrogen-bond donors (Lipinski definition) is 4. The van der Waals surface area contributed by atoms with E-state index in [1.54, 1.807) is 27.7 Å². The first-order valence-corrected chi connectivity index (χ1v) is 27.2. The van der Waals surface area contributed by atoms with E-state index in [9.17, 15) is 19.2 Å². The fourth-order valence-corrected chi connectivity index (χ4v) is 14.2. The van der Waals surface area contributed by atoms with Crippen LogP contribution in [0.5, 0.6) is 0 Å². The summed E-state index contributed by atoms with van der Waals surface area (Å²) in [7, 11) is 0. The third-order valence-electron chi connectivity index (χ3n) is 15.7. The molecule has 4 atom stereocenters. The minimum absolute atomic E-state index is 0.270. The maximum atomic E-state index is 15.0. The molecule has 0 aromatic heterocycles. The van der Waals surface area contributed by atoms with Crippen LogP contribution in [0, 0.1) is 11.8 Å². The molecule has 4 heterocycles. The van der Waals surface area contributed by atoms with Gasteiger partial charge in [0.2, 0.25) is 11.8 Å². The number of esters is 4. The van der Waals surface area contributed by atoms with E-state index in [4.69, 9.17) is 18.9 Å². The van der Waals surface area contributed by atoms with Gasteiger partial charge in [-0.25, -0.2) is 19.2 Å². The summed E-state index contributed by atoms with van der Waals surface area (Å²) in [5.41, 5.74) is -2.41. The molecule has 4 unspecified atom stereocenters. The fraction of sp³-hybridized carbons (Fsp3) is 0.893. The average Bonchev–Trinajstić information content (AvgIpc) is 3.15. The lowest BCUT2D eigenvalue weighted by Gasteiger charge is -2.47. The first-order valence-electron chi connectivity index (χ1n) is 27.2. The second-order valence-electron chi connectivity index (χ2n) is 28.2. The molecule has 412 valence electrons. The van der Waals surface area contributed by atoms with Gasteiger partial charge in [0.25, 0.3) is 0 Å². The zero-order valence-electron chi connectivity index (χ0n) is 48.2. The molecule has 5 fully saturated rings. The van der Waals surface area contributed by atoms with Crippen molar-refractivity contribution in [2.24, 2.45) is 11.8 Å². The molecular formula is C56H98N6O10. The number of nitrogens with zero attached hydrogens (tertiary/aromatic N) is 2. The fourth-order valence-electron chi connectivity index (χ4n) is 14.2. The highest BCUT2D eigenvalue weighted by Gasteiger charge is 2.49. The lowest BCUT2D eigenvalue weighted by molar-refractivity contribution is -0.174. The molecule has 0 aromatic carbocycles. The van der Waals surface area contributed by atoms with Crippen molar-refractivity contribution in [1.29, 1.82) is 0 Å². The van der Waals surface area contributed by atoms with E-state index >= 15 is 9.59 Å². The van der Waals surface area contributed by atoms with Crippen LogP contribution in [0.2, 0.25) is 0 Å². The van der Waals surface area contributed by atoms with Gasteiger partial charge in [0, 0.05) is 108 Å². The molecule has 4 N–H and O–H groups in total. The minimum atomic E-state index is -1.12. The number of hydrogen-bond acceptors (Lipinski definition) is 14. The van der Waals surface area contributed by atoms with E-state index in [2.05, 4.69) is 132 Å². The monoisotopic (exact) mass is 1010 g/mol. The minimum Gasteiger partial charge on any atom is -0.461 e. The smallest absolute Gasteiger partial charge is 0.328 e. The molecule has 1 aliphatic carbocycles. The Morgan fingerprint density at radius 2 is 0.486 bits per heavy atom. The quantitative estimate of drug-likeness (QED) is 0.0993. The lowest BCUT2D eigenvalue weighted by atomic mass is 9.80. The van der Waals surface area contributed by atoms with Crippen LogP contribution in [-0.2, 0) is 47.7 Å². The summed E-state index contributed by atoms with van der Waals surface area (Å²) in [6, 6.07) is -4.49. The molecule has 0 radical (unpaired) electrons. The third kappa shape index (κ3) is 15.8. The number of ether oxygens (including phenoxy) is 4. The first kappa shape index (κ1) is 59.5.